The van der Waals surface area contributed by atoms with E-state index in [2.05, 4.69) is 6.92 Å². The van der Waals surface area contributed by atoms with Crippen molar-refractivity contribution in [1.82, 2.24) is 0 Å². The number of halogens is 1. The van der Waals surface area contributed by atoms with Gasteiger partial charge in [0.15, 0.2) is 0 Å². The van der Waals surface area contributed by atoms with E-state index in [4.69, 9.17) is 10.7 Å². The number of hydrogen-bond donors (Lipinski definition) is 0. The minimum absolute atomic E-state index is 1.19. The second kappa shape index (κ2) is 6.99. The SMILES string of the molecule is CCCCSSCl. The van der Waals surface area contributed by atoms with Crippen LogP contribution in [0.25, 0.3) is 0 Å². The third-order valence-corrected chi connectivity index (χ3v) is 2.74. The van der Waals surface area contributed by atoms with Crippen molar-refractivity contribution in [3.63, 3.8) is 0 Å². The van der Waals surface area contributed by atoms with Crippen molar-refractivity contribution in [1.29, 1.82) is 0 Å². The third kappa shape index (κ3) is 6.99. The lowest BCUT2D eigenvalue weighted by Gasteiger charge is -1.88. The van der Waals surface area contributed by atoms with Crippen LogP contribution in [0, 0.1) is 0 Å². The van der Waals surface area contributed by atoms with E-state index in [0.29, 0.717) is 0 Å². The molecule has 0 aliphatic heterocycles. The molecule has 0 aromatic carbocycles. The normalized spacial score (nSPS) is 9.43. The first-order chi connectivity index (χ1) is 3.41. The van der Waals surface area contributed by atoms with E-state index in [-0.39, 0.29) is 0 Å². The molecule has 0 aliphatic rings. The lowest BCUT2D eigenvalue weighted by atomic mass is 10.4. The molecule has 0 nitrogen and oxygen atoms in total. The van der Waals surface area contributed by atoms with Gasteiger partial charge in [0.2, 0.25) is 0 Å². The van der Waals surface area contributed by atoms with Gasteiger partial charge in [-0.1, -0.05) is 24.1 Å². The van der Waals surface area contributed by atoms with Crippen LogP contribution in [-0.4, -0.2) is 5.75 Å². The molecule has 0 aliphatic carbocycles. The van der Waals surface area contributed by atoms with Gasteiger partial charge in [-0.3, -0.25) is 0 Å². The monoisotopic (exact) mass is 156 g/mol. The predicted octanol–water partition coefficient (Wildman–Crippen LogP) is 3.32. The lowest BCUT2D eigenvalue weighted by molar-refractivity contribution is 0.898. The smallest absolute Gasteiger partial charge is 0.0136 e. The fourth-order valence-corrected chi connectivity index (χ4v) is 1.81. The van der Waals surface area contributed by atoms with Crippen LogP contribution in [0.5, 0.6) is 0 Å². The van der Waals surface area contributed by atoms with Gasteiger partial charge >= 0.3 is 0 Å². The van der Waals surface area contributed by atoms with E-state index in [1.54, 1.807) is 10.8 Å². The summed E-state index contributed by atoms with van der Waals surface area (Å²) in [4.78, 5) is 0. The van der Waals surface area contributed by atoms with Crippen molar-refractivity contribution in [2.75, 3.05) is 5.75 Å². The van der Waals surface area contributed by atoms with Gasteiger partial charge in [-0.05, 0) is 17.1 Å². The number of unbranched alkanes of at least 4 members (excludes halogenated alkanes) is 1. The molecule has 44 valence electrons. The van der Waals surface area contributed by atoms with Crippen LogP contribution in [0.4, 0.5) is 0 Å². The number of rotatable bonds is 4. The van der Waals surface area contributed by atoms with Crippen LogP contribution >= 0.6 is 31.5 Å². The minimum Gasteiger partial charge on any atom is -0.0773 e. The van der Waals surface area contributed by atoms with Gasteiger partial charge in [-0.15, -0.1) is 0 Å². The van der Waals surface area contributed by atoms with Crippen molar-refractivity contribution in [3.8, 4) is 0 Å². The zero-order chi connectivity index (χ0) is 5.54. The fraction of sp³-hybridized carbons (Fsp3) is 1.00. The topological polar surface area (TPSA) is 0 Å². The average Bonchev–Trinajstić information content (AvgIpc) is 1.69. The van der Waals surface area contributed by atoms with Gasteiger partial charge in [-0.2, -0.15) is 0 Å². The first-order valence-corrected chi connectivity index (χ1v) is 5.46. The lowest BCUT2D eigenvalue weighted by Crippen LogP contribution is -1.69. The Balaban J connectivity index is 2.45. The summed E-state index contributed by atoms with van der Waals surface area (Å²) in [7, 11) is 8.36. The molecule has 0 radical (unpaired) electrons. The van der Waals surface area contributed by atoms with Crippen LogP contribution in [0.15, 0.2) is 0 Å². The number of hydrogen-bond acceptors (Lipinski definition) is 2. The van der Waals surface area contributed by atoms with Crippen molar-refractivity contribution in [2.24, 2.45) is 0 Å². The maximum atomic E-state index is 5.32. The zero-order valence-electron chi connectivity index (χ0n) is 4.32. The maximum Gasteiger partial charge on any atom is 0.0136 e. The molecular weight excluding hydrogens is 148 g/mol. The summed E-state index contributed by atoms with van der Waals surface area (Å²) in [5, 5.41) is 0. The van der Waals surface area contributed by atoms with Gasteiger partial charge < -0.3 is 0 Å². The highest BCUT2D eigenvalue weighted by Crippen LogP contribution is 2.25. The molecule has 0 saturated carbocycles. The molecule has 0 aromatic heterocycles. The van der Waals surface area contributed by atoms with E-state index in [1.165, 1.54) is 28.6 Å². The molecule has 0 bridgehead atoms. The van der Waals surface area contributed by atoms with Crippen molar-refractivity contribution in [2.45, 2.75) is 19.8 Å². The molecule has 7 heavy (non-hydrogen) atoms. The summed E-state index contributed by atoms with van der Waals surface area (Å²) >= 11 is 0. The first-order valence-electron chi connectivity index (χ1n) is 2.32. The van der Waals surface area contributed by atoms with Crippen molar-refractivity contribution in [3.05, 3.63) is 0 Å². The summed E-state index contributed by atoms with van der Waals surface area (Å²) in [5.41, 5.74) is 0. The minimum atomic E-state index is 1.19. The predicted molar refractivity (Wildman–Crippen MR) is 40.8 cm³/mol. The molecule has 3 heteroatoms. The van der Waals surface area contributed by atoms with E-state index in [1.807, 2.05) is 0 Å². The van der Waals surface area contributed by atoms with Crippen LogP contribution in [0.3, 0.4) is 0 Å². The Hall–Kier alpha value is 0.990. The molecule has 0 saturated heterocycles. The maximum absolute atomic E-state index is 5.32. The Morgan fingerprint density at radius 1 is 1.57 bits per heavy atom. The van der Waals surface area contributed by atoms with Gasteiger partial charge in [0.05, 0.1) is 0 Å². The summed E-state index contributed by atoms with van der Waals surface area (Å²) < 4.78 is 0. The van der Waals surface area contributed by atoms with E-state index in [0.717, 1.165) is 0 Å². The fourth-order valence-electron chi connectivity index (χ4n) is 0.235. The first kappa shape index (κ1) is 7.99. The van der Waals surface area contributed by atoms with Crippen LogP contribution in [0.1, 0.15) is 19.8 Å². The molecule has 0 aromatic rings. The molecule has 0 fully saturated rings. The van der Waals surface area contributed by atoms with Gasteiger partial charge in [-0.25, -0.2) is 0 Å². The third-order valence-electron chi connectivity index (χ3n) is 0.626. The molecule has 0 N–H and O–H groups in total. The summed E-state index contributed by atoms with van der Waals surface area (Å²) in [6.45, 7) is 2.18. The summed E-state index contributed by atoms with van der Waals surface area (Å²) in [6, 6.07) is 0. The molecule has 0 atom stereocenters. The van der Waals surface area contributed by atoms with E-state index < -0.39 is 0 Å². The Kier molecular flexibility index (Phi) is 7.98. The van der Waals surface area contributed by atoms with Crippen LogP contribution in [-0.2, 0) is 0 Å². The second-order valence-electron chi connectivity index (χ2n) is 1.24. The van der Waals surface area contributed by atoms with Crippen molar-refractivity contribution < 1.29 is 0 Å². The molecule has 0 amide bonds. The van der Waals surface area contributed by atoms with Gasteiger partial charge in [0.1, 0.15) is 0 Å². The molecule has 0 heterocycles. The van der Waals surface area contributed by atoms with Gasteiger partial charge in [0, 0.05) is 15.8 Å². The Morgan fingerprint density at radius 3 is 2.71 bits per heavy atom. The summed E-state index contributed by atoms with van der Waals surface area (Å²) in [6.07, 6.45) is 2.55. The highest BCUT2D eigenvalue weighted by molar-refractivity contribution is 8.85. The second-order valence-corrected chi connectivity index (χ2v) is 4.23. The Labute approximate surface area is 57.3 Å². The largest absolute Gasteiger partial charge is 0.0773 e. The zero-order valence-corrected chi connectivity index (χ0v) is 6.70. The van der Waals surface area contributed by atoms with Crippen molar-refractivity contribution >= 4 is 31.5 Å². The molecule has 0 unspecified atom stereocenters. The standard InChI is InChI=1S/C4H9ClS2/c1-2-3-4-6-7-5/h2-4H2,1H3. The highest BCUT2D eigenvalue weighted by Gasteiger charge is 1.82. The van der Waals surface area contributed by atoms with E-state index in [9.17, 15) is 0 Å². The Bertz CT molecular complexity index is 28.9. The Morgan fingerprint density at radius 2 is 2.29 bits per heavy atom. The van der Waals surface area contributed by atoms with E-state index >= 15 is 0 Å². The van der Waals surface area contributed by atoms with Crippen LogP contribution in [0.2, 0.25) is 0 Å². The molecular formula is C4H9ClS2. The van der Waals surface area contributed by atoms with Crippen LogP contribution < -0.4 is 0 Å². The summed E-state index contributed by atoms with van der Waals surface area (Å²) in [5.74, 6) is 1.19. The highest BCUT2D eigenvalue weighted by atomic mass is 35.7. The average molecular weight is 157 g/mol. The molecule has 0 spiro atoms. The van der Waals surface area contributed by atoms with Gasteiger partial charge in [0.25, 0.3) is 0 Å². The molecule has 0 rings (SSSR count). The quantitative estimate of drug-likeness (QED) is 0.453.